The third-order valence-electron chi connectivity index (χ3n) is 4.54. The fourth-order valence-corrected chi connectivity index (χ4v) is 4.65. The summed E-state index contributed by atoms with van der Waals surface area (Å²) in [5.41, 5.74) is 7.80. The number of carbonyl (C=O) groups is 2. The van der Waals surface area contributed by atoms with Crippen molar-refractivity contribution in [2.75, 3.05) is 17.9 Å². The highest BCUT2D eigenvalue weighted by molar-refractivity contribution is 9.10. The molecule has 0 saturated carbocycles. The van der Waals surface area contributed by atoms with Crippen molar-refractivity contribution < 1.29 is 40.9 Å². The molecule has 1 unspecified atom stereocenters. The Morgan fingerprint density at radius 1 is 1.18 bits per heavy atom. The van der Waals surface area contributed by atoms with Crippen molar-refractivity contribution in [1.82, 2.24) is 10.0 Å². The smallest absolute Gasteiger partial charge is 0.391 e. The molecule has 2 aromatic rings. The van der Waals surface area contributed by atoms with Crippen LogP contribution in [0.15, 0.2) is 50.8 Å². The lowest BCUT2D eigenvalue weighted by atomic mass is 10.1. The van der Waals surface area contributed by atoms with Gasteiger partial charge in [0.05, 0.1) is 23.9 Å². The van der Waals surface area contributed by atoms with Crippen molar-refractivity contribution in [2.24, 2.45) is 16.6 Å². The SMILES string of the molecule is CC(C(=O)NCCON=C(N)N)c1ccc(NS(=O)(=O)Cc2ccccc2Br)c(=O)n1OC(=O)C(F)(F)F. The van der Waals surface area contributed by atoms with Crippen molar-refractivity contribution in [3.63, 3.8) is 0 Å². The highest BCUT2D eigenvalue weighted by Gasteiger charge is 2.43. The van der Waals surface area contributed by atoms with Gasteiger partial charge < -0.3 is 26.5 Å². The maximum Gasteiger partial charge on any atom is 0.493 e. The number of aromatic nitrogens is 1. The van der Waals surface area contributed by atoms with E-state index in [0.29, 0.717) is 10.0 Å². The molecule has 0 bridgehead atoms. The van der Waals surface area contributed by atoms with Crippen LogP contribution in [0.1, 0.15) is 24.1 Å². The number of nitrogens with zero attached hydrogens (tertiary/aromatic N) is 2. The average molecular weight is 627 g/mol. The zero-order chi connectivity index (χ0) is 28.7. The molecule has 38 heavy (non-hydrogen) atoms. The number of anilines is 1. The zero-order valence-electron chi connectivity index (χ0n) is 19.5. The van der Waals surface area contributed by atoms with Gasteiger partial charge in [0.1, 0.15) is 12.3 Å². The molecule has 0 saturated heterocycles. The lowest BCUT2D eigenvalue weighted by molar-refractivity contribution is -0.200. The van der Waals surface area contributed by atoms with Crippen molar-refractivity contribution >= 4 is 49.5 Å². The van der Waals surface area contributed by atoms with E-state index in [-0.39, 0.29) is 23.8 Å². The summed E-state index contributed by atoms with van der Waals surface area (Å²) in [5.74, 6) is -5.90. The van der Waals surface area contributed by atoms with Gasteiger partial charge in [-0.1, -0.05) is 34.1 Å². The lowest BCUT2D eigenvalue weighted by Crippen LogP contribution is -2.42. The molecule has 208 valence electrons. The number of amides is 1. The van der Waals surface area contributed by atoms with Crippen LogP contribution < -0.4 is 31.9 Å². The first-order valence-electron chi connectivity index (χ1n) is 10.4. The summed E-state index contributed by atoms with van der Waals surface area (Å²) in [5, 5.41) is 5.59. The van der Waals surface area contributed by atoms with Gasteiger partial charge in [0.15, 0.2) is 0 Å². The predicted molar refractivity (Wildman–Crippen MR) is 132 cm³/mol. The average Bonchev–Trinajstić information content (AvgIpc) is 2.81. The number of guanidine groups is 1. The van der Waals surface area contributed by atoms with Crippen LogP contribution >= 0.6 is 15.9 Å². The minimum absolute atomic E-state index is 0.0910. The Kier molecular flexibility index (Phi) is 10.1. The molecule has 0 aliphatic carbocycles. The van der Waals surface area contributed by atoms with Crippen LogP contribution in [0.25, 0.3) is 0 Å². The maximum absolute atomic E-state index is 12.9. The second-order valence-electron chi connectivity index (χ2n) is 7.46. The van der Waals surface area contributed by atoms with Gasteiger partial charge >= 0.3 is 17.7 Å². The van der Waals surface area contributed by atoms with E-state index in [4.69, 9.17) is 11.5 Å². The van der Waals surface area contributed by atoms with Gasteiger partial charge in [-0.05, 0) is 35.8 Å². The van der Waals surface area contributed by atoms with Crippen LogP contribution in [0.4, 0.5) is 18.9 Å². The van der Waals surface area contributed by atoms with Gasteiger partial charge in [-0.15, -0.1) is 4.73 Å². The molecule has 0 fully saturated rings. The number of halogens is 4. The number of nitrogens with one attached hydrogen (secondary N) is 2. The summed E-state index contributed by atoms with van der Waals surface area (Å²) >= 11 is 3.19. The number of hydrogen-bond donors (Lipinski definition) is 4. The third-order valence-corrected chi connectivity index (χ3v) is 6.54. The summed E-state index contributed by atoms with van der Waals surface area (Å²) in [4.78, 5) is 45.8. The Hall–Kier alpha value is -3.80. The molecule has 1 amide bonds. The molecule has 1 aromatic carbocycles. The van der Waals surface area contributed by atoms with E-state index in [1.807, 2.05) is 4.72 Å². The quantitative estimate of drug-likeness (QED) is 0.119. The van der Waals surface area contributed by atoms with Crippen LogP contribution in [0.2, 0.25) is 0 Å². The lowest BCUT2D eigenvalue weighted by Gasteiger charge is -2.19. The van der Waals surface area contributed by atoms with Crippen LogP contribution in [-0.2, 0) is 30.2 Å². The molecule has 0 radical (unpaired) electrons. The Morgan fingerprint density at radius 3 is 2.45 bits per heavy atom. The molecule has 1 heterocycles. The van der Waals surface area contributed by atoms with Gasteiger partial charge in [-0.2, -0.15) is 13.2 Å². The molecule has 0 spiro atoms. The normalized spacial score (nSPS) is 12.2. The first-order valence-corrected chi connectivity index (χ1v) is 12.8. The number of alkyl halides is 3. The van der Waals surface area contributed by atoms with Gasteiger partial charge in [-0.25, -0.2) is 13.2 Å². The fourth-order valence-electron chi connectivity index (χ4n) is 2.81. The van der Waals surface area contributed by atoms with Crippen molar-refractivity contribution in [2.45, 2.75) is 24.8 Å². The van der Waals surface area contributed by atoms with Gasteiger partial charge in [0.25, 0.3) is 0 Å². The minimum Gasteiger partial charge on any atom is -0.391 e. The number of hydrogen-bond acceptors (Lipinski definition) is 8. The number of nitrogens with two attached hydrogens (primary N) is 2. The molecule has 13 nitrogen and oxygen atoms in total. The molecule has 6 N–H and O–H groups in total. The Bertz CT molecular complexity index is 1380. The second kappa shape index (κ2) is 12.6. The molecule has 2 rings (SSSR count). The molecular formula is C20H22BrF3N6O7S. The first kappa shape index (κ1) is 30.4. The van der Waals surface area contributed by atoms with Gasteiger partial charge in [0, 0.05) is 4.47 Å². The van der Waals surface area contributed by atoms with E-state index < -0.39 is 56.7 Å². The Balaban J connectivity index is 2.36. The van der Waals surface area contributed by atoms with E-state index in [1.165, 1.54) is 13.0 Å². The molecule has 0 aliphatic heterocycles. The number of oxime groups is 1. The van der Waals surface area contributed by atoms with Crippen molar-refractivity contribution in [3.05, 3.63) is 62.5 Å². The van der Waals surface area contributed by atoms with Crippen molar-refractivity contribution in [3.8, 4) is 0 Å². The molecule has 1 aromatic heterocycles. The fraction of sp³-hybridized carbons (Fsp3) is 0.300. The van der Waals surface area contributed by atoms with E-state index in [9.17, 15) is 36.0 Å². The highest BCUT2D eigenvalue weighted by Crippen LogP contribution is 2.21. The van der Waals surface area contributed by atoms with Crippen LogP contribution in [-0.4, -0.2) is 50.3 Å². The monoisotopic (exact) mass is 626 g/mol. The molecular weight excluding hydrogens is 605 g/mol. The van der Waals surface area contributed by atoms with E-state index in [2.05, 4.69) is 36.1 Å². The van der Waals surface area contributed by atoms with Gasteiger partial charge in [-0.3, -0.25) is 14.3 Å². The molecule has 1 atom stereocenters. The van der Waals surface area contributed by atoms with Gasteiger partial charge in [0.2, 0.25) is 21.9 Å². The maximum atomic E-state index is 12.9. The number of carbonyl (C=O) groups excluding carboxylic acids is 2. The van der Waals surface area contributed by atoms with E-state index in [0.717, 1.165) is 12.1 Å². The second-order valence-corrected chi connectivity index (χ2v) is 10.0. The third kappa shape index (κ3) is 8.65. The summed E-state index contributed by atoms with van der Waals surface area (Å²) in [6.07, 6.45) is -5.50. The number of sulfonamides is 1. The number of rotatable bonds is 11. The van der Waals surface area contributed by atoms with Crippen molar-refractivity contribution in [1.29, 1.82) is 0 Å². The Labute approximate surface area is 222 Å². The predicted octanol–water partition coefficient (Wildman–Crippen LogP) is 0.495. The minimum atomic E-state index is -5.50. The number of benzene rings is 1. The summed E-state index contributed by atoms with van der Waals surface area (Å²) in [7, 11) is -4.26. The van der Waals surface area contributed by atoms with E-state index >= 15 is 0 Å². The Morgan fingerprint density at radius 2 is 1.84 bits per heavy atom. The largest absolute Gasteiger partial charge is 0.493 e. The molecule has 0 aliphatic rings. The molecule has 18 heteroatoms. The summed E-state index contributed by atoms with van der Waals surface area (Å²) < 4.78 is 66.2. The highest BCUT2D eigenvalue weighted by atomic mass is 79.9. The topological polar surface area (TPSA) is 197 Å². The zero-order valence-corrected chi connectivity index (χ0v) is 21.9. The standard InChI is InChI=1S/C20H22BrF3N6O7S/c1-11(16(31)27-8-9-36-28-19(25)26)15-7-6-14(17(32)30(15)37-18(33)20(22,23)24)29-38(34,35)10-12-4-2-3-5-13(12)21/h2-7,11,29H,8-10H2,1H3,(H,27,31)(H4,25,26,28). The van der Waals surface area contributed by atoms with E-state index in [1.54, 1.807) is 18.2 Å². The van der Waals surface area contributed by atoms with Crippen LogP contribution in [0, 0.1) is 0 Å². The van der Waals surface area contributed by atoms with Crippen LogP contribution in [0.5, 0.6) is 0 Å². The summed E-state index contributed by atoms with van der Waals surface area (Å²) in [6.45, 7) is 0.889. The van der Waals surface area contributed by atoms with Crippen LogP contribution in [0.3, 0.4) is 0 Å². The number of pyridine rings is 1. The first-order chi connectivity index (χ1) is 17.6. The summed E-state index contributed by atoms with van der Waals surface area (Å²) in [6, 6.07) is 8.20.